The number of rotatable bonds is 2. The van der Waals surface area contributed by atoms with E-state index in [1.165, 1.54) is 12.1 Å². The first-order chi connectivity index (χ1) is 7.70. The Morgan fingerprint density at radius 1 is 1.56 bits per heavy atom. The van der Waals surface area contributed by atoms with Crippen molar-refractivity contribution in [3.63, 3.8) is 0 Å². The molecule has 1 heterocycles. The first kappa shape index (κ1) is 11.1. The van der Waals surface area contributed by atoms with Crippen molar-refractivity contribution in [3.8, 4) is 6.07 Å². The van der Waals surface area contributed by atoms with Gasteiger partial charge < -0.3 is 5.11 Å². The first-order valence-corrected chi connectivity index (χ1v) is 5.25. The van der Waals surface area contributed by atoms with Crippen molar-refractivity contribution in [2.24, 2.45) is 0 Å². The Labute approximate surface area is 93.7 Å². The minimum atomic E-state index is -0.429. The van der Waals surface area contributed by atoms with Gasteiger partial charge in [0.05, 0.1) is 18.7 Å². The summed E-state index contributed by atoms with van der Waals surface area (Å²) in [5, 5.41) is 18.3. The maximum Gasteiger partial charge on any atom is 0.123 e. The summed E-state index contributed by atoms with van der Waals surface area (Å²) in [5.41, 5.74) is 0.826. The van der Waals surface area contributed by atoms with Crippen molar-refractivity contribution in [3.05, 3.63) is 35.6 Å². The minimum Gasteiger partial charge on any atom is -0.392 e. The zero-order valence-electron chi connectivity index (χ0n) is 8.81. The normalized spacial score (nSPS) is 25.6. The Bertz CT molecular complexity index is 416. The molecule has 4 heteroatoms. The number of hydrogen-bond donors (Lipinski definition) is 1. The second-order valence-corrected chi connectivity index (χ2v) is 4.05. The summed E-state index contributed by atoms with van der Waals surface area (Å²) >= 11 is 0. The molecular formula is C12H13FN2O. The Kier molecular flexibility index (Phi) is 3.18. The molecule has 0 radical (unpaired) electrons. The third-order valence-electron chi connectivity index (χ3n) is 2.89. The molecule has 1 aliphatic heterocycles. The van der Waals surface area contributed by atoms with Crippen LogP contribution in [0.2, 0.25) is 0 Å². The highest BCUT2D eigenvalue weighted by molar-refractivity contribution is 5.22. The van der Waals surface area contributed by atoms with E-state index in [2.05, 4.69) is 6.07 Å². The molecule has 1 aromatic carbocycles. The lowest BCUT2D eigenvalue weighted by Crippen LogP contribution is -2.25. The van der Waals surface area contributed by atoms with E-state index in [0.717, 1.165) is 5.56 Å². The predicted octanol–water partition coefficient (Wildman–Crippen LogP) is 1.46. The van der Waals surface area contributed by atoms with Gasteiger partial charge in [0.25, 0.3) is 0 Å². The fourth-order valence-corrected chi connectivity index (χ4v) is 2.21. The maximum absolute atomic E-state index is 13.1. The highest BCUT2D eigenvalue weighted by atomic mass is 19.1. The van der Waals surface area contributed by atoms with Gasteiger partial charge >= 0.3 is 0 Å². The van der Waals surface area contributed by atoms with Crippen LogP contribution >= 0.6 is 0 Å². The van der Waals surface area contributed by atoms with Crippen LogP contribution in [0.15, 0.2) is 24.3 Å². The van der Waals surface area contributed by atoms with Gasteiger partial charge in [0.2, 0.25) is 0 Å². The number of halogens is 1. The summed E-state index contributed by atoms with van der Waals surface area (Å²) in [4.78, 5) is 1.87. The van der Waals surface area contributed by atoms with E-state index >= 15 is 0 Å². The topological polar surface area (TPSA) is 47.3 Å². The summed E-state index contributed by atoms with van der Waals surface area (Å²) in [5.74, 6) is -0.282. The van der Waals surface area contributed by atoms with E-state index in [4.69, 9.17) is 5.26 Å². The SMILES string of the molecule is N#CCN1CC(O)CC1c1cccc(F)c1. The molecule has 1 aliphatic rings. The summed E-state index contributed by atoms with van der Waals surface area (Å²) in [6, 6.07) is 8.35. The molecule has 0 aromatic heterocycles. The summed E-state index contributed by atoms with van der Waals surface area (Å²) < 4.78 is 13.1. The number of nitrogens with zero attached hydrogens (tertiary/aromatic N) is 2. The second kappa shape index (κ2) is 4.60. The third kappa shape index (κ3) is 2.21. The van der Waals surface area contributed by atoms with Gasteiger partial charge in [-0.25, -0.2) is 4.39 Å². The van der Waals surface area contributed by atoms with Crippen LogP contribution in [0.5, 0.6) is 0 Å². The van der Waals surface area contributed by atoms with Crippen molar-refractivity contribution in [2.45, 2.75) is 18.6 Å². The highest BCUT2D eigenvalue weighted by Crippen LogP contribution is 2.31. The summed E-state index contributed by atoms with van der Waals surface area (Å²) in [6.45, 7) is 0.743. The van der Waals surface area contributed by atoms with Gasteiger partial charge in [0, 0.05) is 12.6 Å². The molecule has 0 spiro atoms. The minimum absolute atomic E-state index is 0.0506. The van der Waals surface area contributed by atoms with E-state index in [0.29, 0.717) is 13.0 Å². The number of hydrogen-bond acceptors (Lipinski definition) is 3. The fourth-order valence-electron chi connectivity index (χ4n) is 2.21. The van der Waals surface area contributed by atoms with Gasteiger partial charge in [-0.05, 0) is 24.1 Å². The van der Waals surface area contributed by atoms with Crippen molar-refractivity contribution >= 4 is 0 Å². The lowest BCUT2D eigenvalue weighted by molar-refractivity contribution is 0.179. The number of likely N-dealkylation sites (tertiary alicyclic amines) is 1. The number of benzene rings is 1. The molecular weight excluding hydrogens is 207 g/mol. The first-order valence-electron chi connectivity index (χ1n) is 5.25. The Hall–Kier alpha value is -1.44. The molecule has 84 valence electrons. The van der Waals surface area contributed by atoms with Crippen molar-refractivity contribution in [1.29, 1.82) is 5.26 Å². The molecule has 0 aliphatic carbocycles. The van der Waals surface area contributed by atoms with Gasteiger partial charge in [-0.2, -0.15) is 5.26 Å². The van der Waals surface area contributed by atoms with Crippen LogP contribution < -0.4 is 0 Å². The lowest BCUT2D eigenvalue weighted by Gasteiger charge is -2.21. The van der Waals surface area contributed by atoms with E-state index in [9.17, 15) is 9.50 Å². The van der Waals surface area contributed by atoms with Crippen molar-refractivity contribution in [2.75, 3.05) is 13.1 Å². The Morgan fingerprint density at radius 3 is 3.06 bits per heavy atom. The monoisotopic (exact) mass is 220 g/mol. The van der Waals surface area contributed by atoms with Crippen LogP contribution in [0, 0.1) is 17.1 Å². The van der Waals surface area contributed by atoms with Crippen molar-refractivity contribution < 1.29 is 9.50 Å². The highest BCUT2D eigenvalue weighted by Gasteiger charge is 2.31. The molecule has 2 atom stereocenters. The summed E-state index contributed by atoms with van der Waals surface area (Å²) in [7, 11) is 0. The zero-order chi connectivity index (χ0) is 11.5. The van der Waals surface area contributed by atoms with Gasteiger partial charge in [-0.1, -0.05) is 12.1 Å². The molecule has 1 aromatic rings. The van der Waals surface area contributed by atoms with Gasteiger partial charge in [0.1, 0.15) is 5.82 Å². The number of nitriles is 1. The van der Waals surface area contributed by atoms with Crippen LogP contribution in [-0.2, 0) is 0 Å². The molecule has 2 rings (SSSR count). The average molecular weight is 220 g/mol. The van der Waals surface area contributed by atoms with E-state index in [-0.39, 0.29) is 18.4 Å². The van der Waals surface area contributed by atoms with Gasteiger partial charge in [0.15, 0.2) is 0 Å². The lowest BCUT2D eigenvalue weighted by atomic mass is 10.0. The molecule has 1 saturated heterocycles. The zero-order valence-corrected chi connectivity index (χ0v) is 8.81. The number of β-amino-alcohol motifs (C(OH)–C–C–N with tert-alkyl or cyclic N) is 1. The standard InChI is InChI=1S/C12H13FN2O/c13-10-3-1-2-9(6-10)12-7-11(16)8-15(12)5-4-14/h1-3,6,11-12,16H,5,7-8H2. The molecule has 16 heavy (non-hydrogen) atoms. The Morgan fingerprint density at radius 2 is 2.38 bits per heavy atom. The number of aliphatic hydroxyl groups excluding tert-OH is 1. The molecule has 1 fully saturated rings. The second-order valence-electron chi connectivity index (χ2n) is 4.05. The van der Waals surface area contributed by atoms with Crippen LogP contribution in [-0.4, -0.2) is 29.2 Å². The molecule has 0 amide bonds. The average Bonchev–Trinajstić information content (AvgIpc) is 2.60. The summed E-state index contributed by atoms with van der Waals surface area (Å²) in [6.07, 6.45) is 0.132. The molecule has 1 N–H and O–H groups in total. The Balaban J connectivity index is 2.22. The molecule has 2 unspecified atom stereocenters. The predicted molar refractivity (Wildman–Crippen MR) is 57.0 cm³/mol. The largest absolute Gasteiger partial charge is 0.392 e. The van der Waals surface area contributed by atoms with E-state index in [1.54, 1.807) is 6.07 Å². The third-order valence-corrected chi connectivity index (χ3v) is 2.89. The van der Waals surface area contributed by atoms with E-state index in [1.807, 2.05) is 11.0 Å². The van der Waals surface area contributed by atoms with Gasteiger partial charge in [-0.15, -0.1) is 0 Å². The van der Waals surface area contributed by atoms with Crippen LogP contribution in [0.25, 0.3) is 0 Å². The molecule has 0 saturated carbocycles. The van der Waals surface area contributed by atoms with Crippen LogP contribution in [0.4, 0.5) is 4.39 Å². The maximum atomic E-state index is 13.1. The molecule has 0 bridgehead atoms. The fraction of sp³-hybridized carbons (Fsp3) is 0.417. The van der Waals surface area contributed by atoms with E-state index < -0.39 is 6.10 Å². The molecule has 3 nitrogen and oxygen atoms in total. The smallest absolute Gasteiger partial charge is 0.123 e. The quantitative estimate of drug-likeness (QED) is 0.767. The van der Waals surface area contributed by atoms with Crippen LogP contribution in [0.1, 0.15) is 18.0 Å². The van der Waals surface area contributed by atoms with Crippen LogP contribution in [0.3, 0.4) is 0 Å². The number of aliphatic hydroxyl groups is 1. The van der Waals surface area contributed by atoms with Crippen molar-refractivity contribution in [1.82, 2.24) is 4.90 Å². The van der Waals surface area contributed by atoms with Gasteiger partial charge in [-0.3, -0.25) is 4.90 Å².